The molecule has 12 rings (SSSR count). The number of aromatic nitrogens is 4. The van der Waals surface area contributed by atoms with Gasteiger partial charge in [0, 0.05) is 0 Å². The largest absolute Gasteiger partial charge is 2.00 e. The SMILES string of the molecule is ClCCl.ClCCl.O=c1cccc(P(c2ccccc2)c2ccccc2)[n-]1.O=c1cccc(P(c2ccccc2)c2ccccc2)[n-]1.O=c1cccc(P(c2ccccc2)c2ccccc2)[n-]1.O=c1cccc(P(c2ccccc2)c2ccccc2)[n-]1.[Pt+2].[Pt+2]. The molecule has 0 radical (unpaired) electrons. The Morgan fingerprint density at radius 3 is 0.443 bits per heavy atom. The van der Waals surface area contributed by atoms with Crippen LogP contribution in [0.5, 0.6) is 0 Å². The molecule has 0 unspecified atom stereocenters. The Labute approximate surface area is 566 Å². The first-order chi connectivity index (χ1) is 42.2. The van der Waals surface area contributed by atoms with E-state index < -0.39 is 31.7 Å². The minimum atomic E-state index is -0.773. The third kappa shape index (κ3) is 23.3. The molecule has 0 saturated heterocycles. The normalized spacial score (nSPS) is 10.1. The molecule has 4 aromatic heterocycles. The van der Waals surface area contributed by atoms with E-state index >= 15 is 0 Å². The summed E-state index contributed by atoms with van der Waals surface area (Å²) in [6.07, 6.45) is 0. The fourth-order valence-corrected chi connectivity index (χ4v) is 17.2. The van der Waals surface area contributed by atoms with Crippen LogP contribution in [0.15, 0.2) is 335 Å². The standard InChI is InChI=1S/4C17H14NOP.2CH2Cl2.2Pt/c4*19-16-12-7-13-17(18-16)20(14-8-3-1-4-9-14)15-10-5-2-6-11-15;2*2-1-3;;/h4*1-13H,(H,18,19);2*1H2;;/q;;;;;;2*+2/p-4. The molecule has 88 heavy (non-hydrogen) atoms. The fraction of sp³-hybridized carbons (Fsp3) is 0.0286. The predicted molar refractivity (Wildman–Crippen MR) is 372 cm³/mol. The summed E-state index contributed by atoms with van der Waals surface area (Å²) in [6, 6.07) is 103. The van der Waals surface area contributed by atoms with Crippen molar-refractivity contribution in [2.75, 3.05) is 10.7 Å². The number of pyridine rings is 4. The van der Waals surface area contributed by atoms with E-state index in [1.54, 1.807) is 24.3 Å². The van der Waals surface area contributed by atoms with E-state index in [-0.39, 0.29) is 75.0 Å². The Kier molecular flexibility index (Phi) is 34.0. The van der Waals surface area contributed by atoms with Gasteiger partial charge in [-0.1, -0.05) is 291 Å². The van der Waals surface area contributed by atoms with Gasteiger partial charge in [0.2, 0.25) is 0 Å². The van der Waals surface area contributed by atoms with E-state index in [4.69, 9.17) is 46.4 Å². The summed E-state index contributed by atoms with van der Waals surface area (Å²) in [4.78, 5) is 63.0. The second-order valence-electron chi connectivity index (χ2n) is 17.6. The van der Waals surface area contributed by atoms with Gasteiger partial charge in [0.05, 0.1) is 32.9 Å². The molecule has 0 aliphatic heterocycles. The van der Waals surface area contributed by atoms with Crippen LogP contribution in [0.1, 0.15) is 0 Å². The molecule has 0 aliphatic rings. The number of halogens is 4. The van der Waals surface area contributed by atoms with Gasteiger partial charge in [-0.25, -0.2) is 0 Å². The molecular formula is C70H56Cl4N4O4P4Pt2. The van der Waals surface area contributed by atoms with Crippen LogP contribution in [0.25, 0.3) is 0 Å². The van der Waals surface area contributed by atoms with Gasteiger partial charge < -0.3 is 39.1 Å². The van der Waals surface area contributed by atoms with Crippen LogP contribution in [0.4, 0.5) is 0 Å². The van der Waals surface area contributed by atoms with Crippen molar-refractivity contribution in [1.29, 1.82) is 0 Å². The second kappa shape index (κ2) is 41.2. The van der Waals surface area contributed by atoms with E-state index in [9.17, 15) is 19.2 Å². The third-order valence-electron chi connectivity index (χ3n) is 11.9. The Bertz CT molecular complexity index is 3400. The van der Waals surface area contributed by atoms with Gasteiger partial charge in [-0.05, 0) is 98.4 Å². The average Bonchev–Trinajstić information content (AvgIpc) is 2.71. The molecule has 4 heterocycles. The number of benzene rings is 8. The van der Waals surface area contributed by atoms with Crippen molar-refractivity contribution in [3.05, 3.63) is 357 Å². The van der Waals surface area contributed by atoms with Gasteiger partial charge in [0.25, 0.3) is 0 Å². The van der Waals surface area contributed by atoms with Crippen LogP contribution >= 0.6 is 78.1 Å². The van der Waals surface area contributed by atoms with Gasteiger partial charge in [0.1, 0.15) is 0 Å². The van der Waals surface area contributed by atoms with Gasteiger partial charge in [-0.3, -0.25) is 0 Å². The molecule has 12 aromatic rings. The first-order valence-electron chi connectivity index (χ1n) is 26.6. The van der Waals surface area contributed by atoms with E-state index in [2.05, 4.69) is 117 Å². The summed E-state index contributed by atoms with van der Waals surface area (Å²) in [6.45, 7) is 0. The molecule has 18 heteroatoms. The van der Waals surface area contributed by atoms with Crippen molar-refractivity contribution in [2.24, 2.45) is 0 Å². The fourth-order valence-electron chi connectivity index (χ4n) is 8.38. The molecular weight excluding hydrogens is 1620 g/mol. The third-order valence-corrected chi connectivity index (χ3v) is 21.2. The predicted octanol–water partition coefficient (Wildman–Crippen LogP) is 9.89. The summed E-state index contributed by atoms with van der Waals surface area (Å²) in [7, 11) is -3.09. The topological polar surface area (TPSA) is 125 Å². The average molecular weight is 1670 g/mol. The smallest absolute Gasteiger partial charge is 0.622 e. The zero-order chi connectivity index (χ0) is 60.6. The molecule has 0 N–H and O–H groups in total. The minimum Gasteiger partial charge on any atom is -0.622 e. The van der Waals surface area contributed by atoms with Gasteiger partial charge in [-0.2, -0.15) is 0 Å². The van der Waals surface area contributed by atoms with Crippen LogP contribution in [0.3, 0.4) is 0 Å². The van der Waals surface area contributed by atoms with Crippen molar-refractivity contribution in [2.45, 2.75) is 0 Å². The van der Waals surface area contributed by atoms with Crippen LogP contribution in [0.2, 0.25) is 0 Å². The van der Waals surface area contributed by atoms with Crippen molar-refractivity contribution in [3.8, 4) is 0 Å². The molecule has 8 aromatic carbocycles. The van der Waals surface area contributed by atoms with E-state index in [1.165, 1.54) is 66.7 Å². The van der Waals surface area contributed by atoms with Crippen LogP contribution < -0.4 is 106 Å². The summed E-state index contributed by atoms with van der Waals surface area (Å²) >= 11 is 19.1. The molecule has 0 fully saturated rings. The van der Waals surface area contributed by atoms with E-state index in [1.807, 2.05) is 170 Å². The van der Waals surface area contributed by atoms with Crippen LogP contribution in [-0.2, 0) is 42.1 Å². The van der Waals surface area contributed by atoms with Crippen molar-refractivity contribution in [1.82, 2.24) is 19.9 Å². The monoisotopic (exact) mass is 1670 g/mol. The first kappa shape index (κ1) is 72.6. The first-order valence-corrected chi connectivity index (χ1v) is 34.1. The Morgan fingerprint density at radius 2 is 0.330 bits per heavy atom. The molecule has 0 aliphatic carbocycles. The van der Waals surface area contributed by atoms with Crippen LogP contribution in [0, 0.1) is 0 Å². The summed E-state index contributed by atoms with van der Waals surface area (Å²) in [5, 5.41) is 9.99. The summed E-state index contributed by atoms with van der Waals surface area (Å²) in [5.41, 5.74) is 2.69. The molecule has 0 spiro atoms. The number of hydrogen-bond donors (Lipinski definition) is 0. The summed E-state index contributed by atoms with van der Waals surface area (Å²) < 4.78 is 0. The quantitative estimate of drug-likeness (QED) is 0.0875. The van der Waals surface area contributed by atoms with E-state index in [0.717, 1.165) is 21.7 Å². The van der Waals surface area contributed by atoms with Gasteiger partial charge >= 0.3 is 42.1 Å². The zero-order valence-corrected chi connectivity index (χ0v) is 57.9. The number of alkyl halides is 4. The molecule has 0 amide bonds. The van der Waals surface area contributed by atoms with Crippen molar-refractivity contribution < 1.29 is 42.1 Å². The van der Waals surface area contributed by atoms with Crippen LogP contribution in [-0.4, -0.2) is 10.7 Å². The van der Waals surface area contributed by atoms with E-state index in [0.29, 0.717) is 0 Å². The molecule has 0 saturated carbocycles. The van der Waals surface area contributed by atoms with Crippen molar-refractivity contribution >= 4 is 142 Å². The molecule has 448 valence electrons. The molecule has 0 bridgehead atoms. The Hall–Kier alpha value is -6.18. The number of rotatable bonds is 12. The zero-order valence-electron chi connectivity index (χ0n) is 46.8. The van der Waals surface area contributed by atoms with Crippen molar-refractivity contribution in [3.63, 3.8) is 0 Å². The summed E-state index contributed by atoms with van der Waals surface area (Å²) in [5.74, 6) is 0. The Balaban J connectivity index is 0.000000206. The Morgan fingerprint density at radius 1 is 0.205 bits per heavy atom. The maximum Gasteiger partial charge on any atom is 2.00 e. The number of nitrogens with zero attached hydrogens (tertiary/aromatic N) is 4. The second-order valence-corrected chi connectivity index (χ2v) is 27.8. The maximum absolute atomic E-state index is 11.6. The molecule has 0 atom stereocenters. The molecule has 8 nitrogen and oxygen atoms in total. The number of hydrogen-bond acceptors (Lipinski definition) is 4. The van der Waals surface area contributed by atoms with Gasteiger partial charge in [0.15, 0.2) is 0 Å². The minimum absolute atomic E-state index is 0. The maximum atomic E-state index is 11.6. The van der Waals surface area contributed by atoms with Gasteiger partial charge in [-0.15, -0.1) is 68.1 Å².